The number of hydrogen-bond donors (Lipinski definition) is 0. The number of carbonyl (C=O) groups is 3. The Morgan fingerprint density at radius 1 is 1.23 bits per heavy atom. The molecule has 1 fully saturated rings. The van der Waals surface area contributed by atoms with Gasteiger partial charge in [0, 0.05) is 22.9 Å². The average molecular weight is 342 g/mol. The largest absolute Gasteiger partial charge is 0.299 e. The lowest BCUT2D eigenvalue weighted by Crippen LogP contribution is -2.32. The first-order valence-corrected chi connectivity index (χ1v) is 7.90. The lowest BCUT2D eigenvalue weighted by molar-refractivity contribution is -0.131. The van der Waals surface area contributed by atoms with Crippen molar-refractivity contribution in [2.24, 2.45) is 11.8 Å². The van der Waals surface area contributed by atoms with Crippen molar-refractivity contribution in [2.75, 3.05) is 4.90 Å². The maximum atomic E-state index is 12.4. The number of rotatable bonds is 5. The first-order valence-electron chi connectivity index (χ1n) is 7.15. The Kier molecular flexibility index (Phi) is 5.24. The molecule has 1 aromatic carbocycles. The molecule has 1 aliphatic rings. The second-order valence-electron chi connectivity index (χ2n) is 5.85. The van der Waals surface area contributed by atoms with Crippen LogP contribution in [0.5, 0.6) is 0 Å². The van der Waals surface area contributed by atoms with E-state index in [1.54, 1.807) is 0 Å². The smallest absolute Gasteiger partial charge is 0.244 e. The number of amides is 2. The van der Waals surface area contributed by atoms with Crippen molar-refractivity contribution in [1.82, 2.24) is 0 Å². The van der Waals surface area contributed by atoms with Gasteiger partial charge in [-0.3, -0.25) is 14.4 Å². The zero-order chi connectivity index (χ0) is 16.4. The molecule has 1 saturated heterocycles. The van der Waals surface area contributed by atoms with E-state index in [4.69, 9.17) is 23.2 Å². The van der Waals surface area contributed by atoms with Crippen LogP contribution in [0.1, 0.15) is 33.1 Å². The molecule has 1 atom stereocenters. The van der Waals surface area contributed by atoms with E-state index in [1.165, 1.54) is 18.2 Å². The van der Waals surface area contributed by atoms with Gasteiger partial charge in [0.05, 0.1) is 5.69 Å². The van der Waals surface area contributed by atoms with E-state index in [-0.39, 0.29) is 12.2 Å². The molecule has 1 aromatic rings. The number of halogens is 2. The van der Waals surface area contributed by atoms with E-state index in [9.17, 15) is 14.4 Å². The number of carbonyl (C=O) groups excluding carboxylic acids is 3. The van der Waals surface area contributed by atoms with Crippen LogP contribution in [0.2, 0.25) is 10.0 Å². The van der Waals surface area contributed by atoms with Crippen molar-refractivity contribution in [3.8, 4) is 0 Å². The summed E-state index contributed by atoms with van der Waals surface area (Å²) in [4.78, 5) is 37.7. The summed E-state index contributed by atoms with van der Waals surface area (Å²) in [6, 6.07) is 4.50. The van der Waals surface area contributed by atoms with Gasteiger partial charge in [0.25, 0.3) is 0 Å². The van der Waals surface area contributed by atoms with E-state index in [2.05, 4.69) is 0 Å². The fourth-order valence-corrected chi connectivity index (χ4v) is 2.94. The summed E-state index contributed by atoms with van der Waals surface area (Å²) in [6.07, 6.45) is 0.936. The first kappa shape index (κ1) is 17.0. The molecule has 0 spiro atoms. The van der Waals surface area contributed by atoms with Crippen molar-refractivity contribution in [3.63, 3.8) is 0 Å². The summed E-state index contributed by atoms with van der Waals surface area (Å²) in [6.45, 7) is 4.02. The summed E-state index contributed by atoms with van der Waals surface area (Å²) in [7, 11) is 0. The Labute approximate surface area is 139 Å². The van der Waals surface area contributed by atoms with Gasteiger partial charge >= 0.3 is 0 Å². The third-order valence-electron chi connectivity index (χ3n) is 3.61. The molecule has 1 heterocycles. The Morgan fingerprint density at radius 3 is 2.36 bits per heavy atom. The highest BCUT2D eigenvalue weighted by Crippen LogP contribution is 2.32. The number of benzene rings is 1. The third-order valence-corrected chi connectivity index (χ3v) is 4.05. The summed E-state index contributed by atoms with van der Waals surface area (Å²) >= 11 is 11.8. The zero-order valence-corrected chi connectivity index (χ0v) is 13.9. The number of ketones is 1. The SMILES string of the molecule is CC(C)CCC(=O)C1CC(=O)N(c2cc(Cl)cc(Cl)c2)C1=O. The minimum absolute atomic E-state index is 0.0834. The fourth-order valence-electron chi connectivity index (χ4n) is 2.43. The molecule has 0 bridgehead atoms. The number of anilines is 1. The minimum Gasteiger partial charge on any atom is -0.299 e. The maximum absolute atomic E-state index is 12.4. The van der Waals surface area contributed by atoms with Crippen LogP contribution in [-0.2, 0) is 14.4 Å². The normalized spacial score (nSPS) is 18.4. The highest BCUT2D eigenvalue weighted by atomic mass is 35.5. The molecule has 2 rings (SSSR count). The van der Waals surface area contributed by atoms with Crippen molar-refractivity contribution in [3.05, 3.63) is 28.2 Å². The van der Waals surface area contributed by atoms with E-state index in [1.807, 2.05) is 13.8 Å². The maximum Gasteiger partial charge on any atom is 0.244 e. The molecule has 0 aliphatic carbocycles. The minimum atomic E-state index is -0.885. The zero-order valence-electron chi connectivity index (χ0n) is 12.4. The van der Waals surface area contributed by atoms with Gasteiger partial charge < -0.3 is 0 Å². The molecule has 1 aliphatic heterocycles. The number of imide groups is 1. The van der Waals surface area contributed by atoms with E-state index < -0.39 is 17.7 Å². The molecule has 2 amide bonds. The van der Waals surface area contributed by atoms with Crippen LogP contribution in [0, 0.1) is 11.8 Å². The fraction of sp³-hybridized carbons (Fsp3) is 0.438. The van der Waals surface area contributed by atoms with Crippen LogP contribution >= 0.6 is 23.2 Å². The van der Waals surface area contributed by atoms with Crippen molar-refractivity contribution in [1.29, 1.82) is 0 Å². The Balaban J connectivity index is 2.20. The molecule has 0 saturated carbocycles. The molecule has 6 heteroatoms. The second kappa shape index (κ2) is 6.80. The molecule has 0 aromatic heterocycles. The predicted octanol–water partition coefficient (Wildman–Crippen LogP) is 3.88. The van der Waals surface area contributed by atoms with Gasteiger partial charge in [0.2, 0.25) is 11.8 Å². The van der Waals surface area contributed by atoms with Gasteiger partial charge in [0.15, 0.2) is 0 Å². The second-order valence-corrected chi connectivity index (χ2v) is 6.72. The van der Waals surface area contributed by atoms with Crippen molar-refractivity contribution < 1.29 is 14.4 Å². The highest BCUT2D eigenvalue weighted by Gasteiger charge is 2.43. The van der Waals surface area contributed by atoms with Crippen LogP contribution in [0.4, 0.5) is 5.69 Å². The Bertz CT molecular complexity index is 608. The lowest BCUT2D eigenvalue weighted by atomic mass is 9.96. The summed E-state index contributed by atoms with van der Waals surface area (Å²) < 4.78 is 0. The van der Waals surface area contributed by atoms with Crippen LogP contribution < -0.4 is 4.90 Å². The van der Waals surface area contributed by atoms with Crippen LogP contribution in [-0.4, -0.2) is 17.6 Å². The first-order chi connectivity index (χ1) is 10.3. The third kappa shape index (κ3) is 3.68. The van der Waals surface area contributed by atoms with Crippen molar-refractivity contribution in [2.45, 2.75) is 33.1 Å². The summed E-state index contributed by atoms with van der Waals surface area (Å²) in [5.74, 6) is -1.58. The Hall–Kier alpha value is -1.39. The summed E-state index contributed by atoms with van der Waals surface area (Å²) in [5.41, 5.74) is 0.312. The average Bonchev–Trinajstić information content (AvgIpc) is 2.70. The van der Waals surface area contributed by atoms with Crippen LogP contribution in [0.3, 0.4) is 0 Å². The van der Waals surface area contributed by atoms with Gasteiger partial charge in [-0.25, -0.2) is 4.90 Å². The molecule has 118 valence electrons. The van der Waals surface area contributed by atoms with E-state index >= 15 is 0 Å². The number of nitrogens with zero attached hydrogens (tertiary/aromatic N) is 1. The van der Waals surface area contributed by atoms with E-state index in [0.29, 0.717) is 34.5 Å². The van der Waals surface area contributed by atoms with E-state index in [0.717, 1.165) is 4.90 Å². The van der Waals surface area contributed by atoms with Crippen LogP contribution in [0.15, 0.2) is 18.2 Å². The van der Waals surface area contributed by atoms with Crippen molar-refractivity contribution >= 4 is 46.5 Å². The molecule has 0 radical (unpaired) electrons. The standard InChI is InChI=1S/C16H17Cl2NO3/c1-9(2)3-4-14(20)13-8-15(21)19(16(13)22)12-6-10(17)5-11(18)7-12/h5-7,9,13H,3-4,8H2,1-2H3. The van der Waals surface area contributed by atoms with Gasteiger partial charge in [-0.15, -0.1) is 0 Å². The molecular formula is C16H17Cl2NO3. The number of Topliss-reactive ketones (excluding diaryl/α,β-unsaturated/α-hetero) is 1. The van der Waals surface area contributed by atoms with Gasteiger partial charge in [-0.05, 0) is 30.5 Å². The van der Waals surface area contributed by atoms with Gasteiger partial charge in [-0.1, -0.05) is 37.0 Å². The summed E-state index contributed by atoms with van der Waals surface area (Å²) in [5, 5.41) is 0.662. The van der Waals surface area contributed by atoms with Gasteiger partial charge in [-0.2, -0.15) is 0 Å². The molecule has 0 N–H and O–H groups in total. The highest BCUT2D eigenvalue weighted by molar-refractivity contribution is 6.36. The van der Waals surface area contributed by atoms with Gasteiger partial charge in [0.1, 0.15) is 11.7 Å². The molecular weight excluding hydrogens is 325 g/mol. The lowest BCUT2D eigenvalue weighted by Gasteiger charge is -2.15. The topological polar surface area (TPSA) is 54.5 Å². The Morgan fingerprint density at radius 2 is 1.82 bits per heavy atom. The quantitative estimate of drug-likeness (QED) is 0.603. The molecule has 4 nitrogen and oxygen atoms in total. The molecule has 22 heavy (non-hydrogen) atoms. The molecule has 1 unspecified atom stereocenters. The number of hydrogen-bond acceptors (Lipinski definition) is 3. The van der Waals surface area contributed by atoms with Crippen LogP contribution in [0.25, 0.3) is 0 Å². The monoisotopic (exact) mass is 341 g/mol. The predicted molar refractivity (Wildman–Crippen MR) is 86.1 cm³/mol.